The van der Waals surface area contributed by atoms with E-state index in [1.807, 2.05) is 54.6 Å². The molecular formula is C13H11BrN2O. The second kappa shape index (κ2) is 5.50. The summed E-state index contributed by atoms with van der Waals surface area (Å²) >= 11 is 3.34. The summed E-state index contributed by atoms with van der Waals surface area (Å²) in [5, 5.41) is 5.49. The number of anilines is 2. The molecule has 0 aromatic heterocycles. The molecule has 0 aliphatic carbocycles. The van der Waals surface area contributed by atoms with Crippen molar-refractivity contribution in [3.63, 3.8) is 0 Å². The lowest BCUT2D eigenvalue weighted by Crippen LogP contribution is -2.19. The molecule has 0 fully saturated rings. The number of halogens is 1. The lowest BCUT2D eigenvalue weighted by Gasteiger charge is -2.07. The zero-order valence-corrected chi connectivity index (χ0v) is 10.6. The van der Waals surface area contributed by atoms with Crippen molar-refractivity contribution in [2.75, 3.05) is 10.6 Å². The van der Waals surface area contributed by atoms with Crippen molar-refractivity contribution in [1.29, 1.82) is 0 Å². The SMILES string of the molecule is O=C(Nc1ccccc1)Nc1ccc(Br)cc1. The molecule has 2 aromatic rings. The van der Waals surface area contributed by atoms with E-state index in [1.54, 1.807) is 0 Å². The summed E-state index contributed by atoms with van der Waals surface area (Å²) in [5.74, 6) is 0. The zero-order valence-electron chi connectivity index (χ0n) is 8.98. The molecule has 86 valence electrons. The molecule has 0 heterocycles. The molecule has 0 aliphatic heterocycles. The fourth-order valence-electron chi connectivity index (χ4n) is 1.35. The lowest BCUT2D eigenvalue weighted by molar-refractivity contribution is 0.262. The van der Waals surface area contributed by atoms with Crippen molar-refractivity contribution in [3.05, 3.63) is 59.1 Å². The molecule has 2 amide bonds. The van der Waals surface area contributed by atoms with Gasteiger partial charge >= 0.3 is 6.03 Å². The molecule has 2 aromatic carbocycles. The Morgan fingerprint density at radius 3 is 1.94 bits per heavy atom. The highest BCUT2D eigenvalue weighted by Crippen LogP contribution is 2.14. The number of carbonyl (C=O) groups is 1. The maximum Gasteiger partial charge on any atom is 0.323 e. The van der Waals surface area contributed by atoms with Gasteiger partial charge in [0.15, 0.2) is 0 Å². The summed E-state index contributed by atoms with van der Waals surface area (Å²) in [4.78, 5) is 11.6. The Kier molecular flexibility index (Phi) is 3.77. The van der Waals surface area contributed by atoms with Gasteiger partial charge < -0.3 is 10.6 Å². The summed E-state index contributed by atoms with van der Waals surface area (Å²) in [6.45, 7) is 0. The Balaban J connectivity index is 1.96. The third-order valence-electron chi connectivity index (χ3n) is 2.13. The minimum atomic E-state index is -0.251. The summed E-state index contributed by atoms with van der Waals surface area (Å²) in [6, 6.07) is 16.5. The number of rotatable bonds is 2. The second-order valence-electron chi connectivity index (χ2n) is 3.45. The number of hydrogen-bond donors (Lipinski definition) is 2. The molecule has 4 heteroatoms. The Labute approximate surface area is 108 Å². The summed E-state index contributed by atoms with van der Waals surface area (Å²) in [7, 11) is 0. The standard InChI is InChI=1S/C13H11BrN2O/c14-10-6-8-12(9-7-10)16-13(17)15-11-4-2-1-3-5-11/h1-9H,(H2,15,16,17). The topological polar surface area (TPSA) is 41.1 Å². The van der Waals surface area contributed by atoms with Crippen LogP contribution < -0.4 is 10.6 Å². The third kappa shape index (κ3) is 3.60. The van der Waals surface area contributed by atoms with Crippen LogP contribution in [0, 0.1) is 0 Å². The Morgan fingerprint density at radius 2 is 1.35 bits per heavy atom. The van der Waals surface area contributed by atoms with Gasteiger partial charge in [-0.05, 0) is 36.4 Å². The predicted molar refractivity (Wildman–Crippen MR) is 73.2 cm³/mol. The van der Waals surface area contributed by atoms with Gasteiger partial charge in [0, 0.05) is 15.8 Å². The highest BCUT2D eigenvalue weighted by molar-refractivity contribution is 9.10. The third-order valence-corrected chi connectivity index (χ3v) is 2.66. The highest BCUT2D eigenvalue weighted by Gasteiger charge is 2.01. The molecule has 0 unspecified atom stereocenters. The Hall–Kier alpha value is -1.81. The van der Waals surface area contributed by atoms with Gasteiger partial charge in [0.1, 0.15) is 0 Å². The molecule has 2 N–H and O–H groups in total. The number of amides is 2. The van der Waals surface area contributed by atoms with E-state index in [4.69, 9.17) is 0 Å². The molecule has 17 heavy (non-hydrogen) atoms. The molecule has 2 rings (SSSR count). The smallest absolute Gasteiger partial charge is 0.308 e. The number of hydrogen-bond acceptors (Lipinski definition) is 1. The molecule has 3 nitrogen and oxygen atoms in total. The van der Waals surface area contributed by atoms with Crippen LogP contribution in [0.15, 0.2) is 59.1 Å². The maximum atomic E-state index is 11.6. The minimum absolute atomic E-state index is 0.251. The highest BCUT2D eigenvalue weighted by atomic mass is 79.9. The average Bonchev–Trinajstić information content (AvgIpc) is 2.33. The van der Waals surface area contributed by atoms with Gasteiger partial charge in [-0.3, -0.25) is 0 Å². The van der Waals surface area contributed by atoms with Gasteiger partial charge in [0.25, 0.3) is 0 Å². The molecular weight excluding hydrogens is 280 g/mol. The average molecular weight is 291 g/mol. The number of para-hydroxylation sites is 1. The summed E-state index contributed by atoms with van der Waals surface area (Å²) < 4.78 is 0.978. The van der Waals surface area contributed by atoms with E-state index >= 15 is 0 Å². The number of benzene rings is 2. The number of nitrogens with one attached hydrogen (secondary N) is 2. The van der Waals surface area contributed by atoms with Crippen LogP contribution >= 0.6 is 15.9 Å². The van der Waals surface area contributed by atoms with E-state index in [-0.39, 0.29) is 6.03 Å². The van der Waals surface area contributed by atoms with Gasteiger partial charge in [0.2, 0.25) is 0 Å². The fourth-order valence-corrected chi connectivity index (χ4v) is 1.61. The lowest BCUT2D eigenvalue weighted by atomic mass is 10.3. The van der Waals surface area contributed by atoms with Gasteiger partial charge in [-0.25, -0.2) is 4.79 Å². The number of urea groups is 1. The van der Waals surface area contributed by atoms with Gasteiger partial charge in [-0.1, -0.05) is 34.1 Å². The van der Waals surface area contributed by atoms with E-state index in [9.17, 15) is 4.79 Å². The van der Waals surface area contributed by atoms with Crippen molar-refractivity contribution >= 4 is 33.3 Å². The first-order valence-corrected chi connectivity index (χ1v) is 5.92. The van der Waals surface area contributed by atoms with E-state index in [2.05, 4.69) is 26.6 Å². The van der Waals surface area contributed by atoms with E-state index in [0.717, 1.165) is 15.8 Å². The first-order valence-electron chi connectivity index (χ1n) is 5.13. The van der Waals surface area contributed by atoms with Crippen molar-refractivity contribution in [2.24, 2.45) is 0 Å². The molecule has 0 atom stereocenters. The minimum Gasteiger partial charge on any atom is -0.308 e. The molecule has 0 bridgehead atoms. The monoisotopic (exact) mass is 290 g/mol. The second-order valence-corrected chi connectivity index (χ2v) is 4.37. The summed E-state index contributed by atoms with van der Waals surface area (Å²) in [5.41, 5.74) is 1.52. The van der Waals surface area contributed by atoms with Crippen molar-refractivity contribution < 1.29 is 4.79 Å². The maximum absolute atomic E-state index is 11.6. The molecule has 0 aliphatic rings. The molecule has 0 saturated carbocycles. The first kappa shape index (κ1) is 11.7. The molecule has 0 saturated heterocycles. The van der Waals surface area contributed by atoms with Crippen LogP contribution in [0.1, 0.15) is 0 Å². The van der Waals surface area contributed by atoms with Crippen LogP contribution in [0.4, 0.5) is 16.2 Å². The number of carbonyl (C=O) groups excluding carboxylic acids is 1. The van der Waals surface area contributed by atoms with Crippen LogP contribution in [0.3, 0.4) is 0 Å². The van der Waals surface area contributed by atoms with Crippen LogP contribution in [0.2, 0.25) is 0 Å². The Bertz CT molecular complexity index is 497. The van der Waals surface area contributed by atoms with Gasteiger partial charge in [-0.15, -0.1) is 0 Å². The van der Waals surface area contributed by atoms with Crippen molar-refractivity contribution in [1.82, 2.24) is 0 Å². The van der Waals surface area contributed by atoms with Crippen molar-refractivity contribution in [2.45, 2.75) is 0 Å². The van der Waals surface area contributed by atoms with Crippen LogP contribution in [-0.4, -0.2) is 6.03 Å². The van der Waals surface area contributed by atoms with Crippen molar-refractivity contribution in [3.8, 4) is 0 Å². The fraction of sp³-hybridized carbons (Fsp3) is 0. The Morgan fingerprint density at radius 1 is 0.824 bits per heavy atom. The van der Waals surface area contributed by atoms with Crippen LogP contribution in [0.25, 0.3) is 0 Å². The molecule has 0 radical (unpaired) electrons. The van der Waals surface area contributed by atoms with E-state index in [1.165, 1.54) is 0 Å². The molecule has 0 spiro atoms. The normalized spacial score (nSPS) is 9.71. The summed E-state index contributed by atoms with van der Waals surface area (Å²) in [6.07, 6.45) is 0. The first-order chi connectivity index (χ1) is 8.24. The van der Waals surface area contributed by atoms with E-state index < -0.39 is 0 Å². The zero-order chi connectivity index (χ0) is 12.1. The van der Waals surface area contributed by atoms with Crippen LogP contribution in [-0.2, 0) is 0 Å². The predicted octanol–water partition coefficient (Wildman–Crippen LogP) is 4.09. The largest absolute Gasteiger partial charge is 0.323 e. The van der Waals surface area contributed by atoms with Crippen LogP contribution in [0.5, 0.6) is 0 Å². The van der Waals surface area contributed by atoms with E-state index in [0.29, 0.717) is 0 Å². The quantitative estimate of drug-likeness (QED) is 0.859. The van der Waals surface area contributed by atoms with Gasteiger partial charge in [-0.2, -0.15) is 0 Å². The van der Waals surface area contributed by atoms with Gasteiger partial charge in [0.05, 0.1) is 0 Å².